The number of aliphatic hydroxyl groups is 1. The number of nitrogens with zero attached hydrogens (tertiary/aromatic N) is 3. The molecular weight excluding hydrogens is 481 g/mol. The summed E-state index contributed by atoms with van der Waals surface area (Å²) in [5.41, 5.74) is 1.40. The lowest BCUT2D eigenvalue weighted by Gasteiger charge is -2.31. The minimum Gasteiger partial charge on any atom is -0.384 e. The van der Waals surface area contributed by atoms with Crippen LogP contribution in [0.25, 0.3) is 10.9 Å². The number of anilines is 2. The van der Waals surface area contributed by atoms with Gasteiger partial charge in [-0.25, -0.2) is 14.4 Å². The van der Waals surface area contributed by atoms with E-state index >= 15 is 4.39 Å². The number of morpholine rings is 1. The van der Waals surface area contributed by atoms with Crippen LogP contribution in [-0.4, -0.2) is 47.0 Å². The maximum absolute atomic E-state index is 15.4. The van der Waals surface area contributed by atoms with Crippen LogP contribution in [0.2, 0.25) is 0 Å². The van der Waals surface area contributed by atoms with Crippen LogP contribution in [0.15, 0.2) is 24.3 Å². The second-order valence-electron chi connectivity index (χ2n) is 10.5. The van der Waals surface area contributed by atoms with Crippen molar-refractivity contribution in [2.45, 2.75) is 64.5 Å². The third kappa shape index (κ3) is 4.52. The molecule has 1 atom stereocenters. The van der Waals surface area contributed by atoms with Crippen LogP contribution in [0, 0.1) is 12.7 Å². The van der Waals surface area contributed by atoms with Crippen LogP contribution in [0.4, 0.5) is 24.7 Å². The second kappa shape index (κ2) is 9.44. The van der Waals surface area contributed by atoms with Crippen LogP contribution in [0.1, 0.15) is 61.3 Å². The van der Waals surface area contributed by atoms with Gasteiger partial charge >= 0.3 is 5.92 Å². The fourth-order valence-electron chi connectivity index (χ4n) is 5.40. The third-order valence-corrected chi connectivity index (χ3v) is 7.46. The first-order valence-corrected chi connectivity index (χ1v) is 12.8. The Morgan fingerprint density at radius 2 is 1.81 bits per heavy atom. The Morgan fingerprint density at radius 3 is 2.51 bits per heavy atom. The molecule has 2 N–H and O–H groups in total. The van der Waals surface area contributed by atoms with Crippen molar-refractivity contribution in [2.75, 3.05) is 36.5 Å². The molecule has 0 radical (unpaired) electrons. The number of halogens is 3. The molecule has 5 rings (SSSR count). The number of alkyl halides is 2. The number of rotatable bonds is 6. The average Bonchev–Trinajstić information content (AvgIpc) is 3.34. The predicted octanol–water partition coefficient (Wildman–Crippen LogP) is 5.44. The molecule has 0 spiro atoms. The average molecular weight is 515 g/mol. The van der Waals surface area contributed by atoms with Gasteiger partial charge in [0.1, 0.15) is 23.1 Å². The number of aromatic nitrogens is 2. The number of nitrogens with one attached hydrogen (secondary N) is 1. The molecule has 0 amide bonds. The monoisotopic (exact) mass is 514 g/mol. The number of hydrogen-bond acceptors (Lipinski definition) is 6. The Morgan fingerprint density at radius 1 is 1.11 bits per heavy atom. The molecule has 37 heavy (non-hydrogen) atoms. The van der Waals surface area contributed by atoms with Gasteiger partial charge in [0, 0.05) is 29.7 Å². The van der Waals surface area contributed by atoms with Crippen LogP contribution in [0.5, 0.6) is 0 Å². The lowest BCUT2D eigenvalue weighted by molar-refractivity contribution is -0.170. The van der Waals surface area contributed by atoms with Crippen LogP contribution >= 0.6 is 0 Å². The standard InChI is InChI=1S/C28H33F3N4O2/c1-16(18-7-6-10-22(24(18)29)28(30,31)27(3,4)36)32-26-21-15-23(35-11-13-37-14-12-35)19-8-5-9-20(19)25(21)33-17(2)34-26/h6-7,10,15-16,36H,5,8-9,11-14H2,1-4H3,(H,32,33,34). The van der Waals surface area contributed by atoms with E-state index in [1.54, 1.807) is 6.92 Å². The molecule has 1 fully saturated rings. The van der Waals surface area contributed by atoms with Crippen LogP contribution < -0.4 is 10.2 Å². The molecule has 3 aromatic rings. The number of fused-ring (bicyclic) bond motifs is 3. The maximum atomic E-state index is 15.4. The first kappa shape index (κ1) is 25.7. The molecule has 6 nitrogen and oxygen atoms in total. The molecule has 9 heteroatoms. The van der Waals surface area contributed by atoms with Gasteiger partial charge < -0.3 is 20.1 Å². The lowest BCUT2D eigenvalue weighted by Crippen LogP contribution is -2.41. The van der Waals surface area contributed by atoms with Gasteiger partial charge in [-0.2, -0.15) is 8.78 Å². The van der Waals surface area contributed by atoms with Gasteiger partial charge in [0.25, 0.3) is 0 Å². The summed E-state index contributed by atoms with van der Waals surface area (Å²) in [7, 11) is 0. The molecule has 2 aromatic carbocycles. The van der Waals surface area contributed by atoms with E-state index in [0.29, 0.717) is 24.9 Å². The van der Waals surface area contributed by atoms with Gasteiger partial charge in [0.15, 0.2) is 0 Å². The Kier molecular flexibility index (Phi) is 6.56. The Bertz CT molecular complexity index is 1330. The van der Waals surface area contributed by atoms with Gasteiger partial charge in [0.2, 0.25) is 0 Å². The van der Waals surface area contributed by atoms with E-state index in [9.17, 15) is 13.9 Å². The summed E-state index contributed by atoms with van der Waals surface area (Å²) < 4.78 is 50.7. The quantitative estimate of drug-likeness (QED) is 0.457. The third-order valence-electron chi connectivity index (χ3n) is 7.46. The molecule has 1 aliphatic heterocycles. The zero-order chi connectivity index (χ0) is 26.5. The van der Waals surface area contributed by atoms with E-state index < -0.39 is 28.9 Å². The van der Waals surface area contributed by atoms with Gasteiger partial charge in [0.05, 0.1) is 30.3 Å². The van der Waals surface area contributed by atoms with Gasteiger partial charge in [-0.05, 0) is 70.2 Å². The topological polar surface area (TPSA) is 70.5 Å². The maximum Gasteiger partial charge on any atom is 0.303 e. The van der Waals surface area contributed by atoms with E-state index in [0.717, 1.165) is 68.9 Å². The molecule has 198 valence electrons. The van der Waals surface area contributed by atoms with Crippen molar-refractivity contribution in [3.8, 4) is 0 Å². The van der Waals surface area contributed by atoms with Crippen LogP contribution in [0.3, 0.4) is 0 Å². The normalized spacial score (nSPS) is 17.2. The highest BCUT2D eigenvalue weighted by Gasteiger charge is 2.49. The lowest BCUT2D eigenvalue weighted by atomic mass is 9.91. The summed E-state index contributed by atoms with van der Waals surface area (Å²) in [4.78, 5) is 11.7. The zero-order valence-corrected chi connectivity index (χ0v) is 21.7. The number of benzene rings is 2. The predicted molar refractivity (Wildman–Crippen MR) is 138 cm³/mol. The molecular formula is C28H33F3N4O2. The van der Waals surface area contributed by atoms with Crippen molar-refractivity contribution in [2.24, 2.45) is 0 Å². The largest absolute Gasteiger partial charge is 0.384 e. The SMILES string of the molecule is Cc1nc(NC(C)c2cccc(C(F)(F)C(C)(C)O)c2F)c2cc(N3CCOCC3)c3c(c2n1)CCC3. The minimum atomic E-state index is -3.77. The summed E-state index contributed by atoms with van der Waals surface area (Å²) >= 11 is 0. The minimum absolute atomic E-state index is 0.0698. The highest BCUT2D eigenvalue weighted by Crippen LogP contribution is 2.42. The van der Waals surface area contributed by atoms with Crippen molar-refractivity contribution in [3.63, 3.8) is 0 Å². The van der Waals surface area contributed by atoms with E-state index in [4.69, 9.17) is 9.72 Å². The van der Waals surface area contributed by atoms with Gasteiger partial charge in [-0.3, -0.25) is 0 Å². The molecule has 1 aliphatic carbocycles. The number of aryl methyl sites for hydroxylation is 2. The first-order valence-electron chi connectivity index (χ1n) is 12.8. The van der Waals surface area contributed by atoms with E-state index in [1.165, 1.54) is 23.3 Å². The second-order valence-corrected chi connectivity index (χ2v) is 10.5. The molecule has 1 aromatic heterocycles. The van der Waals surface area contributed by atoms with Gasteiger partial charge in [-0.15, -0.1) is 0 Å². The smallest absolute Gasteiger partial charge is 0.303 e. The summed E-state index contributed by atoms with van der Waals surface area (Å²) in [6.07, 6.45) is 2.98. The van der Waals surface area contributed by atoms with Crippen molar-refractivity contribution in [3.05, 3.63) is 58.2 Å². The Balaban J connectivity index is 1.57. The highest BCUT2D eigenvalue weighted by molar-refractivity contribution is 5.96. The zero-order valence-electron chi connectivity index (χ0n) is 21.7. The summed E-state index contributed by atoms with van der Waals surface area (Å²) in [6.45, 7) is 8.42. The number of ether oxygens (including phenoxy) is 1. The summed E-state index contributed by atoms with van der Waals surface area (Å²) in [5.74, 6) is -3.69. The van der Waals surface area contributed by atoms with Gasteiger partial charge in [-0.1, -0.05) is 12.1 Å². The fraction of sp³-hybridized carbons (Fsp3) is 0.500. The number of hydrogen-bond donors (Lipinski definition) is 2. The molecule has 1 unspecified atom stereocenters. The van der Waals surface area contributed by atoms with Crippen LogP contribution in [-0.2, 0) is 23.5 Å². The fourth-order valence-corrected chi connectivity index (χ4v) is 5.40. The van der Waals surface area contributed by atoms with Crippen molar-refractivity contribution in [1.82, 2.24) is 9.97 Å². The van der Waals surface area contributed by atoms with E-state index in [1.807, 2.05) is 6.92 Å². The molecule has 2 aliphatic rings. The first-order chi connectivity index (χ1) is 17.5. The molecule has 2 heterocycles. The van der Waals surface area contributed by atoms with E-state index in [-0.39, 0.29) is 5.56 Å². The highest BCUT2D eigenvalue weighted by atomic mass is 19.3. The molecule has 0 saturated carbocycles. The molecule has 1 saturated heterocycles. The van der Waals surface area contributed by atoms with Crippen molar-refractivity contribution < 1.29 is 23.0 Å². The summed E-state index contributed by atoms with van der Waals surface area (Å²) in [5, 5.41) is 14.1. The van der Waals surface area contributed by atoms with E-state index in [2.05, 4.69) is 21.3 Å². The Hall–Kier alpha value is -2.91. The molecule has 0 bridgehead atoms. The van der Waals surface area contributed by atoms with Crippen molar-refractivity contribution in [1.29, 1.82) is 0 Å². The van der Waals surface area contributed by atoms with Crippen molar-refractivity contribution >= 4 is 22.4 Å². The summed E-state index contributed by atoms with van der Waals surface area (Å²) in [6, 6.07) is 5.32. The Labute approximate surface area is 214 Å².